The number of halogens is 4. The minimum atomic E-state index is -4.68. The summed E-state index contributed by atoms with van der Waals surface area (Å²) in [7, 11) is 0. The topological polar surface area (TPSA) is 59.2 Å². The first-order valence-corrected chi connectivity index (χ1v) is 5.07. The molecule has 0 radical (unpaired) electrons. The molecule has 0 aliphatic rings. The standard InChI is InChI=1S/C9H4BrF3N2O2/c10-4-1-2-6(16)5(3-4)7-14-8(15-17-7)9(11,12)13/h1-3,16H. The molecule has 1 N–H and O–H groups in total. The van der Waals surface area contributed by atoms with Gasteiger partial charge in [0.15, 0.2) is 0 Å². The van der Waals surface area contributed by atoms with Crippen LogP contribution in [0.1, 0.15) is 5.82 Å². The second kappa shape index (κ2) is 4.02. The van der Waals surface area contributed by atoms with E-state index in [9.17, 15) is 18.3 Å². The van der Waals surface area contributed by atoms with Crippen LogP contribution in [0.15, 0.2) is 27.2 Å². The highest BCUT2D eigenvalue weighted by Gasteiger charge is 2.37. The molecule has 0 aliphatic heterocycles. The third-order valence-corrected chi connectivity index (χ3v) is 2.36. The van der Waals surface area contributed by atoms with Gasteiger partial charge in [0.1, 0.15) is 5.75 Å². The zero-order valence-corrected chi connectivity index (χ0v) is 9.58. The molecule has 90 valence electrons. The molecule has 1 aromatic carbocycles. The summed E-state index contributed by atoms with van der Waals surface area (Å²) in [6.07, 6.45) is -4.68. The lowest BCUT2D eigenvalue weighted by atomic mass is 10.2. The van der Waals surface area contributed by atoms with Crippen molar-refractivity contribution >= 4 is 15.9 Å². The van der Waals surface area contributed by atoms with Crippen LogP contribution in [0.25, 0.3) is 11.5 Å². The molecule has 0 saturated heterocycles. The molecule has 0 saturated carbocycles. The Balaban J connectivity index is 2.47. The van der Waals surface area contributed by atoms with Crippen LogP contribution in [-0.4, -0.2) is 15.2 Å². The van der Waals surface area contributed by atoms with Gasteiger partial charge in [-0.1, -0.05) is 21.1 Å². The van der Waals surface area contributed by atoms with Gasteiger partial charge < -0.3 is 9.63 Å². The first-order chi connectivity index (χ1) is 7.88. The summed E-state index contributed by atoms with van der Waals surface area (Å²) in [5, 5.41) is 12.3. The number of hydrogen-bond acceptors (Lipinski definition) is 4. The van der Waals surface area contributed by atoms with Gasteiger partial charge in [0.2, 0.25) is 0 Å². The smallest absolute Gasteiger partial charge is 0.455 e. The van der Waals surface area contributed by atoms with Crippen molar-refractivity contribution in [3.8, 4) is 17.2 Å². The van der Waals surface area contributed by atoms with E-state index in [0.717, 1.165) is 0 Å². The molecule has 4 nitrogen and oxygen atoms in total. The Morgan fingerprint density at radius 2 is 2.00 bits per heavy atom. The Labute approximate surface area is 101 Å². The van der Waals surface area contributed by atoms with Gasteiger partial charge >= 0.3 is 6.18 Å². The molecular weight excluding hydrogens is 305 g/mol. The number of nitrogens with zero attached hydrogens (tertiary/aromatic N) is 2. The number of alkyl halides is 3. The second-order valence-electron chi connectivity index (χ2n) is 3.08. The predicted octanol–water partition coefficient (Wildman–Crippen LogP) is 3.22. The fraction of sp³-hybridized carbons (Fsp3) is 0.111. The Morgan fingerprint density at radius 1 is 1.29 bits per heavy atom. The SMILES string of the molecule is Oc1ccc(Br)cc1-c1nc(C(F)(F)F)no1. The summed E-state index contributed by atoms with van der Waals surface area (Å²) in [6.45, 7) is 0. The van der Waals surface area contributed by atoms with Crippen molar-refractivity contribution in [2.45, 2.75) is 6.18 Å². The van der Waals surface area contributed by atoms with Crippen LogP contribution in [-0.2, 0) is 6.18 Å². The summed E-state index contributed by atoms with van der Waals surface area (Å²) in [4.78, 5) is 3.17. The van der Waals surface area contributed by atoms with Crippen molar-refractivity contribution in [1.82, 2.24) is 10.1 Å². The van der Waals surface area contributed by atoms with Gasteiger partial charge in [-0.3, -0.25) is 0 Å². The van der Waals surface area contributed by atoms with Crippen molar-refractivity contribution in [2.24, 2.45) is 0 Å². The van der Waals surface area contributed by atoms with Crippen LogP contribution < -0.4 is 0 Å². The van der Waals surface area contributed by atoms with Gasteiger partial charge in [-0.15, -0.1) is 0 Å². The molecule has 0 fully saturated rings. The average Bonchev–Trinajstić information content (AvgIpc) is 2.70. The van der Waals surface area contributed by atoms with Crippen LogP contribution in [0.2, 0.25) is 0 Å². The van der Waals surface area contributed by atoms with Crippen molar-refractivity contribution in [1.29, 1.82) is 0 Å². The Bertz CT molecular complexity index is 553. The summed E-state index contributed by atoms with van der Waals surface area (Å²) in [5.41, 5.74) is 0.0300. The molecular formula is C9H4BrF3N2O2. The van der Waals surface area contributed by atoms with Crippen LogP contribution in [0, 0.1) is 0 Å². The summed E-state index contributed by atoms with van der Waals surface area (Å²) in [5.74, 6) is -2.02. The van der Waals surface area contributed by atoms with E-state index in [1.807, 2.05) is 0 Å². The zero-order chi connectivity index (χ0) is 12.6. The van der Waals surface area contributed by atoms with Crippen molar-refractivity contribution in [2.75, 3.05) is 0 Å². The first kappa shape index (κ1) is 11.9. The molecule has 2 rings (SSSR count). The minimum Gasteiger partial charge on any atom is -0.507 e. The summed E-state index contributed by atoms with van der Waals surface area (Å²) in [6, 6.07) is 4.21. The largest absolute Gasteiger partial charge is 0.507 e. The maximum absolute atomic E-state index is 12.2. The van der Waals surface area contributed by atoms with E-state index in [1.165, 1.54) is 18.2 Å². The lowest BCUT2D eigenvalue weighted by Gasteiger charge is -1.99. The fourth-order valence-corrected chi connectivity index (χ4v) is 1.49. The molecule has 1 heterocycles. The highest BCUT2D eigenvalue weighted by atomic mass is 79.9. The number of rotatable bonds is 1. The first-order valence-electron chi connectivity index (χ1n) is 4.28. The van der Waals surface area contributed by atoms with E-state index in [0.29, 0.717) is 4.47 Å². The van der Waals surface area contributed by atoms with E-state index in [-0.39, 0.29) is 11.3 Å². The average molecular weight is 309 g/mol. The lowest BCUT2D eigenvalue weighted by Crippen LogP contribution is -2.07. The van der Waals surface area contributed by atoms with E-state index in [4.69, 9.17) is 0 Å². The Hall–Kier alpha value is -1.57. The number of aromatic nitrogens is 2. The Morgan fingerprint density at radius 3 is 2.59 bits per heavy atom. The third kappa shape index (κ3) is 2.41. The maximum Gasteiger partial charge on any atom is 0.455 e. The number of aromatic hydroxyl groups is 1. The quantitative estimate of drug-likeness (QED) is 0.878. The minimum absolute atomic E-state index is 0.0300. The van der Waals surface area contributed by atoms with Gasteiger partial charge in [0.05, 0.1) is 5.56 Å². The van der Waals surface area contributed by atoms with Crippen molar-refractivity contribution < 1.29 is 22.8 Å². The van der Waals surface area contributed by atoms with Crippen molar-refractivity contribution in [3.05, 3.63) is 28.5 Å². The van der Waals surface area contributed by atoms with E-state index in [2.05, 4.69) is 30.6 Å². The van der Waals surface area contributed by atoms with Gasteiger partial charge in [-0.05, 0) is 18.2 Å². The molecule has 0 unspecified atom stereocenters. The normalized spacial score (nSPS) is 11.8. The highest BCUT2D eigenvalue weighted by molar-refractivity contribution is 9.10. The molecule has 0 spiro atoms. The second-order valence-corrected chi connectivity index (χ2v) is 4.00. The van der Waals surface area contributed by atoms with Gasteiger partial charge in [-0.25, -0.2) is 0 Å². The number of hydrogen-bond donors (Lipinski definition) is 1. The van der Waals surface area contributed by atoms with Crippen LogP contribution >= 0.6 is 15.9 Å². The predicted molar refractivity (Wildman–Crippen MR) is 54.1 cm³/mol. The molecule has 8 heteroatoms. The monoisotopic (exact) mass is 308 g/mol. The Kier molecular flexibility index (Phi) is 2.82. The van der Waals surface area contributed by atoms with Crippen molar-refractivity contribution in [3.63, 3.8) is 0 Å². The fourth-order valence-electron chi connectivity index (χ4n) is 1.13. The zero-order valence-electron chi connectivity index (χ0n) is 7.99. The third-order valence-electron chi connectivity index (χ3n) is 1.87. The molecule has 0 bridgehead atoms. The molecule has 0 amide bonds. The van der Waals surface area contributed by atoms with Crippen LogP contribution in [0.3, 0.4) is 0 Å². The van der Waals surface area contributed by atoms with E-state index < -0.39 is 17.9 Å². The molecule has 1 aromatic heterocycles. The van der Waals surface area contributed by atoms with Gasteiger partial charge in [-0.2, -0.15) is 18.2 Å². The summed E-state index contributed by atoms with van der Waals surface area (Å²) >= 11 is 3.12. The summed E-state index contributed by atoms with van der Waals surface area (Å²) < 4.78 is 41.7. The van der Waals surface area contributed by atoms with Gasteiger partial charge in [0, 0.05) is 4.47 Å². The molecule has 17 heavy (non-hydrogen) atoms. The lowest BCUT2D eigenvalue weighted by molar-refractivity contribution is -0.146. The number of phenols is 1. The molecule has 0 atom stereocenters. The van der Waals surface area contributed by atoms with Crippen LogP contribution in [0.4, 0.5) is 13.2 Å². The highest BCUT2D eigenvalue weighted by Crippen LogP contribution is 2.33. The van der Waals surface area contributed by atoms with Gasteiger partial charge in [0.25, 0.3) is 11.7 Å². The molecule has 0 aliphatic carbocycles. The van der Waals surface area contributed by atoms with E-state index >= 15 is 0 Å². The number of benzene rings is 1. The maximum atomic E-state index is 12.2. The number of phenolic OH excluding ortho intramolecular Hbond substituents is 1. The van der Waals surface area contributed by atoms with E-state index in [1.54, 1.807) is 0 Å². The molecule has 2 aromatic rings. The van der Waals surface area contributed by atoms with Crippen LogP contribution in [0.5, 0.6) is 5.75 Å².